The minimum absolute atomic E-state index is 0.133. The van der Waals surface area contributed by atoms with Crippen LogP contribution < -0.4 is 5.32 Å². The van der Waals surface area contributed by atoms with Gasteiger partial charge in [-0.1, -0.05) is 85.3 Å². The molecule has 0 spiro atoms. The van der Waals surface area contributed by atoms with E-state index in [0.717, 1.165) is 11.1 Å². The molecule has 31 heavy (non-hydrogen) atoms. The molecule has 0 heterocycles. The maximum absolute atomic E-state index is 12.8. The Labute approximate surface area is 182 Å². The van der Waals surface area contributed by atoms with Gasteiger partial charge in [0.15, 0.2) is 12.4 Å². The highest BCUT2D eigenvalue weighted by Gasteiger charge is 2.20. The predicted molar refractivity (Wildman–Crippen MR) is 119 cm³/mol. The summed E-state index contributed by atoms with van der Waals surface area (Å²) in [7, 11) is 0. The molecule has 5 nitrogen and oxygen atoms in total. The van der Waals surface area contributed by atoms with E-state index in [1.807, 2.05) is 56.3 Å². The number of ether oxygens (including phenoxy) is 1. The minimum Gasteiger partial charge on any atom is -0.452 e. The maximum atomic E-state index is 12.8. The fourth-order valence-electron chi connectivity index (χ4n) is 3.15. The smallest absolute Gasteiger partial charge is 0.339 e. The van der Waals surface area contributed by atoms with Crippen LogP contribution >= 0.6 is 0 Å². The number of nitrogens with one attached hydrogen (secondary N) is 1. The molecule has 5 heteroatoms. The maximum Gasteiger partial charge on any atom is 0.339 e. The van der Waals surface area contributed by atoms with Gasteiger partial charge in [0.1, 0.15) is 0 Å². The van der Waals surface area contributed by atoms with Gasteiger partial charge in [0.05, 0.1) is 5.56 Å². The summed E-state index contributed by atoms with van der Waals surface area (Å²) < 4.78 is 5.17. The highest BCUT2D eigenvalue weighted by atomic mass is 16.5. The number of ketones is 1. The van der Waals surface area contributed by atoms with E-state index in [2.05, 4.69) is 5.32 Å². The van der Waals surface area contributed by atoms with Crippen molar-refractivity contribution in [3.63, 3.8) is 0 Å². The average Bonchev–Trinajstić information content (AvgIpc) is 2.81. The Hall–Kier alpha value is -3.73. The third-order valence-electron chi connectivity index (χ3n) is 5.01. The number of hydrogen-bond acceptors (Lipinski definition) is 4. The number of carbonyl (C=O) groups excluding carboxylic acids is 3. The van der Waals surface area contributed by atoms with Gasteiger partial charge >= 0.3 is 5.97 Å². The second-order valence-electron chi connectivity index (χ2n) is 7.43. The molecule has 1 amide bonds. The van der Waals surface area contributed by atoms with Crippen molar-refractivity contribution in [3.8, 4) is 0 Å². The average molecular weight is 415 g/mol. The lowest BCUT2D eigenvalue weighted by Crippen LogP contribution is -2.31. The van der Waals surface area contributed by atoms with Crippen molar-refractivity contribution in [1.29, 1.82) is 0 Å². The highest BCUT2D eigenvalue weighted by Crippen LogP contribution is 2.17. The van der Waals surface area contributed by atoms with Gasteiger partial charge in [-0.25, -0.2) is 4.79 Å². The van der Waals surface area contributed by atoms with Crippen molar-refractivity contribution < 1.29 is 19.1 Å². The van der Waals surface area contributed by atoms with Crippen molar-refractivity contribution in [2.75, 3.05) is 13.2 Å². The number of benzene rings is 3. The Balaban J connectivity index is 1.59. The van der Waals surface area contributed by atoms with Crippen LogP contribution in [0.1, 0.15) is 50.2 Å². The van der Waals surface area contributed by atoms with Crippen LogP contribution in [0.25, 0.3) is 0 Å². The third-order valence-corrected chi connectivity index (χ3v) is 5.01. The molecule has 0 saturated carbocycles. The van der Waals surface area contributed by atoms with Crippen LogP contribution in [0, 0.1) is 6.92 Å². The normalized spacial score (nSPS) is 11.4. The summed E-state index contributed by atoms with van der Waals surface area (Å²) in [6.45, 7) is 3.97. The van der Waals surface area contributed by atoms with Crippen LogP contribution in [0.4, 0.5) is 0 Å². The minimum atomic E-state index is -0.706. The Morgan fingerprint density at radius 3 is 2.13 bits per heavy atom. The molecule has 3 aromatic rings. The first-order valence-corrected chi connectivity index (χ1v) is 10.1. The van der Waals surface area contributed by atoms with E-state index in [4.69, 9.17) is 4.74 Å². The molecule has 158 valence electrons. The summed E-state index contributed by atoms with van der Waals surface area (Å²) in [5.74, 6) is -1.23. The summed E-state index contributed by atoms with van der Waals surface area (Å²) in [6.07, 6.45) is 0. The Morgan fingerprint density at radius 2 is 1.45 bits per heavy atom. The SMILES string of the molecule is Cc1ccc(C(=O)c2ccccc2C(=O)OCC(=O)NC[C@@H](C)c2ccccc2)cc1. The molecule has 1 atom stereocenters. The molecule has 0 radical (unpaired) electrons. The van der Waals surface area contributed by atoms with E-state index in [0.29, 0.717) is 12.1 Å². The lowest BCUT2D eigenvalue weighted by molar-refractivity contribution is -0.124. The zero-order chi connectivity index (χ0) is 22.2. The molecule has 0 aliphatic heterocycles. The van der Waals surface area contributed by atoms with Gasteiger partial charge in [-0.3, -0.25) is 9.59 Å². The van der Waals surface area contributed by atoms with E-state index in [-0.39, 0.29) is 22.8 Å². The first-order chi connectivity index (χ1) is 15.0. The zero-order valence-corrected chi connectivity index (χ0v) is 17.6. The van der Waals surface area contributed by atoms with Crippen LogP contribution in [0.5, 0.6) is 0 Å². The molecule has 0 saturated heterocycles. The van der Waals surface area contributed by atoms with E-state index in [1.165, 1.54) is 6.07 Å². The number of carbonyl (C=O) groups is 3. The topological polar surface area (TPSA) is 72.5 Å². The Kier molecular flexibility index (Phi) is 7.33. The highest BCUT2D eigenvalue weighted by molar-refractivity contribution is 6.14. The van der Waals surface area contributed by atoms with E-state index in [9.17, 15) is 14.4 Å². The molecule has 3 aromatic carbocycles. The van der Waals surface area contributed by atoms with Crippen molar-refractivity contribution in [3.05, 3.63) is 107 Å². The first-order valence-electron chi connectivity index (χ1n) is 10.1. The molecule has 1 N–H and O–H groups in total. The summed E-state index contributed by atoms with van der Waals surface area (Å²) in [5, 5.41) is 2.77. The van der Waals surface area contributed by atoms with Gasteiger partial charge in [0.25, 0.3) is 5.91 Å². The fourth-order valence-corrected chi connectivity index (χ4v) is 3.15. The summed E-state index contributed by atoms with van der Waals surface area (Å²) in [6, 6.07) is 23.4. The standard InChI is InChI=1S/C26H25NO4/c1-18-12-14-21(15-13-18)25(29)22-10-6-7-11-23(22)26(30)31-17-24(28)27-16-19(2)20-8-4-3-5-9-20/h3-15,19H,16-17H2,1-2H3,(H,27,28)/t19-/m1/s1. The molecule has 0 fully saturated rings. The predicted octanol–water partition coefficient (Wildman–Crippen LogP) is 4.30. The van der Waals surface area contributed by atoms with Gasteiger partial charge < -0.3 is 10.1 Å². The van der Waals surface area contributed by atoms with Gasteiger partial charge in [-0.15, -0.1) is 0 Å². The van der Waals surface area contributed by atoms with Crippen molar-refractivity contribution in [2.24, 2.45) is 0 Å². The van der Waals surface area contributed by atoms with Crippen LogP contribution in [0.2, 0.25) is 0 Å². The lowest BCUT2D eigenvalue weighted by atomic mass is 9.98. The van der Waals surface area contributed by atoms with Crippen molar-refractivity contribution >= 4 is 17.7 Å². The second-order valence-corrected chi connectivity index (χ2v) is 7.43. The largest absolute Gasteiger partial charge is 0.452 e. The van der Waals surface area contributed by atoms with Crippen LogP contribution in [0.3, 0.4) is 0 Å². The Bertz CT molecular complexity index is 1060. The molecule has 0 aliphatic rings. The number of hydrogen-bond donors (Lipinski definition) is 1. The number of aryl methyl sites for hydroxylation is 1. The lowest BCUT2D eigenvalue weighted by Gasteiger charge is -2.13. The number of rotatable bonds is 8. The van der Waals surface area contributed by atoms with E-state index >= 15 is 0 Å². The van der Waals surface area contributed by atoms with Gasteiger partial charge in [-0.05, 0) is 24.5 Å². The third kappa shape index (κ3) is 5.89. The summed E-state index contributed by atoms with van der Waals surface area (Å²) >= 11 is 0. The molecular weight excluding hydrogens is 390 g/mol. The monoisotopic (exact) mass is 415 g/mol. The summed E-state index contributed by atoms with van der Waals surface area (Å²) in [5.41, 5.74) is 3.02. The van der Waals surface area contributed by atoms with E-state index in [1.54, 1.807) is 30.3 Å². The quantitative estimate of drug-likeness (QED) is 0.440. The zero-order valence-electron chi connectivity index (χ0n) is 17.6. The Morgan fingerprint density at radius 1 is 0.839 bits per heavy atom. The number of amides is 1. The van der Waals surface area contributed by atoms with Gasteiger partial charge in [0, 0.05) is 17.7 Å². The molecule has 0 aliphatic carbocycles. The van der Waals surface area contributed by atoms with Crippen molar-refractivity contribution in [1.82, 2.24) is 5.32 Å². The van der Waals surface area contributed by atoms with Crippen LogP contribution in [0.15, 0.2) is 78.9 Å². The van der Waals surface area contributed by atoms with E-state index < -0.39 is 18.5 Å². The molecule has 3 rings (SSSR count). The molecule has 0 bridgehead atoms. The van der Waals surface area contributed by atoms with Gasteiger partial charge in [-0.2, -0.15) is 0 Å². The molecule has 0 aromatic heterocycles. The molecule has 0 unspecified atom stereocenters. The second kappa shape index (κ2) is 10.3. The molecular formula is C26H25NO4. The van der Waals surface area contributed by atoms with Crippen LogP contribution in [-0.4, -0.2) is 30.8 Å². The first kappa shape index (κ1) is 22.0. The fraction of sp³-hybridized carbons (Fsp3) is 0.192. The van der Waals surface area contributed by atoms with Crippen molar-refractivity contribution in [2.45, 2.75) is 19.8 Å². The van der Waals surface area contributed by atoms with Gasteiger partial charge in [0.2, 0.25) is 0 Å². The van der Waals surface area contributed by atoms with Crippen LogP contribution in [-0.2, 0) is 9.53 Å². The summed E-state index contributed by atoms with van der Waals surface area (Å²) in [4.78, 5) is 37.5. The number of esters is 1.